The molecule has 3 heteroatoms. The van der Waals surface area contributed by atoms with Crippen LogP contribution >= 0.6 is 0 Å². The summed E-state index contributed by atoms with van der Waals surface area (Å²) in [5.41, 5.74) is 3.09. The van der Waals surface area contributed by atoms with Crippen molar-refractivity contribution in [1.29, 1.82) is 0 Å². The first kappa shape index (κ1) is 13.4. The van der Waals surface area contributed by atoms with Crippen LogP contribution in [0.4, 0.5) is 0 Å². The molecule has 106 valence electrons. The predicted molar refractivity (Wildman–Crippen MR) is 85.0 cm³/mol. The molecular weight excluding hydrogens is 262 g/mol. The van der Waals surface area contributed by atoms with Crippen molar-refractivity contribution in [1.82, 2.24) is 4.57 Å². The minimum atomic E-state index is 0.0296. The van der Waals surface area contributed by atoms with E-state index in [0.29, 0.717) is 6.54 Å². The van der Waals surface area contributed by atoms with E-state index in [1.54, 1.807) is 13.2 Å². The highest BCUT2D eigenvalue weighted by atomic mass is 16.5. The Morgan fingerprint density at radius 3 is 2.48 bits per heavy atom. The largest absolute Gasteiger partial charge is 0.497 e. The van der Waals surface area contributed by atoms with E-state index < -0.39 is 0 Å². The first-order valence-corrected chi connectivity index (χ1v) is 6.91. The molecule has 0 bridgehead atoms. The number of hydrogen-bond acceptors (Lipinski definition) is 2. The molecule has 1 heterocycles. The Morgan fingerprint density at radius 2 is 1.76 bits per heavy atom. The Bertz CT molecular complexity index is 832. The molecule has 0 spiro atoms. The van der Waals surface area contributed by atoms with Gasteiger partial charge in [-0.15, -0.1) is 0 Å². The topological polar surface area (TPSA) is 31.2 Å². The van der Waals surface area contributed by atoms with Crippen LogP contribution in [0.15, 0.2) is 59.4 Å². The third kappa shape index (κ3) is 2.55. The standard InChI is InChI=1S/C18H17NO2/c1-13-11-18(20)19(17-6-4-3-5-16(13)17)12-14-7-9-15(21-2)10-8-14/h3-11H,12H2,1-2H3. The summed E-state index contributed by atoms with van der Waals surface area (Å²) in [7, 11) is 1.65. The summed E-state index contributed by atoms with van der Waals surface area (Å²) in [5, 5.41) is 1.12. The molecule has 1 aromatic heterocycles. The highest BCUT2D eigenvalue weighted by Crippen LogP contribution is 2.18. The van der Waals surface area contributed by atoms with E-state index in [2.05, 4.69) is 6.07 Å². The Balaban J connectivity index is 2.09. The molecule has 0 saturated heterocycles. The fraction of sp³-hybridized carbons (Fsp3) is 0.167. The summed E-state index contributed by atoms with van der Waals surface area (Å²) in [5.74, 6) is 0.819. The third-order valence-corrected chi connectivity index (χ3v) is 3.73. The van der Waals surface area contributed by atoms with Crippen LogP contribution < -0.4 is 10.3 Å². The van der Waals surface area contributed by atoms with Gasteiger partial charge < -0.3 is 9.30 Å². The molecule has 0 aliphatic rings. The molecule has 0 saturated carbocycles. The second-order valence-electron chi connectivity index (χ2n) is 5.12. The summed E-state index contributed by atoms with van der Waals surface area (Å²) in [6.45, 7) is 2.53. The second-order valence-corrected chi connectivity index (χ2v) is 5.12. The minimum Gasteiger partial charge on any atom is -0.497 e. The summed E-state index contributed by atoms with van der Waals surface area (Å²) in [6, 6.07) is 17.5. The van der Waals surface area contributed by atoms with Crippen LogP contribution in [0, 0.1) is 6.92 Å². The van der Waals surface area contributed by atoms with Crippen LogP contribution in [-0.4, -0.2) is 11.7 Å². The molecule has 0 N–H and O–H groups in total. The lowest BCUT2D eigenvalue weighted by Gasteiger charge is -2.12. The lowest BCUT2D eigenvalue weighted by molar-refractivity contribution is 0.414. The number of ether oxygens (including phenoxy) is 1. The van der Waals surface area contributed by atoms with Gasteiger partial charge in [-0.05, 0) is 36.2 Å². The van der Waals surface area contributed by atoms with Gasteiger partial charge in [0.15, 0.2) is 0 Å². The van der Waals surface area contributed by atoms with Gasteiger partial charge in [0, 0.05) is 11.5 Å². The molecule has 0 aliphatic carbocycles. The van der Waals surface area contributed by atoms with E-state index in [4.69, 9.17) is 4.74 Å². The van der Waals surface area contributed by atoms with Gasteiger partial charge in [0.1, 0.15) is 5.75 Å². The molecule has 0 atom stereocenters. The van der Waals surface area contributed by atoms with Gasteiger partial charge in [-0.2, -0.15) is 0 Å². The highest BCUT2D eigenvalue weighted by Gasteiger charge is 2.06. The smallest absolute Gasteiger partial charge is 0.251 e. The molecule has 3 rings (SSSR count). The second kappa shape index (κ2) is 5.44. The third-order valence-electron chi connectivity index (χ3n) is 3.73. The first-order chi connectivity index (χ1) is 10.2. The molecular formula is C18H17NO2. The van der Waals surface area contributed by atoms with Gasteiger partial charge in [-0.1, -0.05) is 30.3 Å². The van der Waals surface area contributed by atoms with Gasteiger partial charge in [-0.25, -0.2) is 0 Å². The van der Waals surface area contributed by atoms with Crippen LogP contribution in [-0.2, 0) is 6.54 Å². The van der Waals surface area contributed by atoms with Gasteiger partial charge in [0.05, 0.1) is 19.2 Å². The van der Waals surface area contributed by atoms with Crippen molar-refractivity contribution < 1.29 is 4.74 Å². The first-order valence-electron chi connectivity index (χ1n) is 6.91. The predicted octanol–water partition coefficient (Wildman–Crippen LogP) is 3.37. The maximum absolute atomic E-state index is 12.3. The molecule has 0 fully saturated rings. The van der Waals surface area contributed by atoms with Crippen LogP contribution in [0.1, 0.15) is 11.1 Å². The number of aryl methyl sites for hydroxylation is 1. The Morgan fingerprint density at radius 1 is 1.05 bits per heavy atom. The number of pyridine rings is 1. The van der Waals surface area contributed by atoms with Crippen LogP contribution in [0.5, 0.6) is 5.75 Å². The number of hydrogen-bond donors (Lipinski definition) is 0. The number of para-hydroxylation sites is 1. The molecule has 21 heavy (non-hydrogen) atoms. The Kier molecular flexibility index (Phi) is 3.48. The SMILES string of the molecule is COc1ccc(Cn2c(=O)cc(C)c3ccccc32)cc1. The fourth-order valence-electron chi connectivity index (χ4n) is 2.58. The van der Waals surface area contributed by atoms with E-state index in [-0.39, 0.29) is 5.56 Å². The normalized spacial score (nSPS) is 10.8. The zero-order valence-electron chi connectivity index (χ0n) is 12.2. The van der Waals surface area contributed by atoms with Crippen molar-refractivity contribution in [3.05, 3.63) is 76.1 Å². The number of benzene rings is 2. The van der Waals surface area contributed by atoms with Gasteiger partial charge in [0.2, 0.25) is 0 Å². The van der Waals surface area contributed by atoms with Crippen molar-refractivity contribution >= 4 is 10.9 Å². The quantitative estimate of drug-likeness (QED) is 0.736. The lowest BCUT2D eigenvalue weighted by Crippen LogP contribution is -2.20. The molecule has 3 aromatic rings. The van der Waals surface area contributed by atoms with Crippen molar-refractivity contribution in [2.45, 2.75) is 13.5 Å². The van der Waals surface area contributed by atoms with Crippen molar-refractivity contribution in [3.8, 4) is 5.75 Å². The summed E-state index contributed by atoms with van der Waals surface area (Å²) in [6.07, 6.45) is 0. The van der Waals surface area contributed by atoms with Crippen LogP contribution in [0.25, 0.3) is 10.9 Å². The van der Waals surface area contributed by atoms with Crippen LogP contribution in [0.2, 0.25) is 0 Å². The van der Waals surface area contributed by atoms with E-state index in [9.17, 15) is 4.79 Å². The molecule has 0 radical (unpaired) electrons. The number of fused-ring (bicyclic) bond motifs is 1. The zero-order valence-corrected chi connectivity index (χ0v) is 12.2. The maximum atomic E-state index is 12.3. The maximum Gasteiger partial charge on any atom is 0.251 e. The van der Waals surface area contributed by atoms with Crippen LogP contribution in [0.3, 0.4) is 0 Å². The van der Waals surface area contributed by atoms with E-state index in [1.807, 2.05) is 54.0 Å². The van der Waals surface area contributed by atoms with Crippen molar-refractivity contribution in [3.63, 3.8) is 0 Å². The van der Waals surface area contributed by atoms with E-state index in [0.717, 1.165) is 27.8 Å². The molecule has 0 unspecified atom stereocenters. The monoisotopic (exact) mass is 279 g/mol. The van der Waals surface area contributed by atoms with Crippen molar-refractivity contribution in [2.24, 2.45) is 0 Å². The fourth-order valence-corrected chi connectivity index (χ4v) is 2.58. The summed E-state index contributed by atoms with van der Waals surface area (Å²) < 4.78 is 6.97. The van der Waals surface area contributed by atoms with Crippen molar-refractivity contribution in [2.75, 3.05) is 7.11 Å². The van der Waals surface area contributed by atoms with Gasteiger partial charge >= 0.3 is 0 Å². The molecule has 3 nitrogen and oxygen atoms in total. The lowest BCUT2D eigenvalue weighted by atomic mass is 10.1. The molecule has 2 aromatic carbocycles. The highest BCUT2D eigenvalue weighted by molar-refractivity contribution is 5.82. The summed E-state index contributed by atoms with van der Waals surface area (Å²) >= 11 is 0. The summed E-state index contributed by atoms with van der Waals surface area (Å²) in [4.78, 5) is 12.3. The number of nitrogens with zero attached hydrogens (tertiary/aromatic N) is 1. The number of rotatable bonds is 3. The molecule has 0 aliphatic heterocycles. The average molecular weight is 279 g/mol. The number of methoxy groups -OCH3 is 1. The Labute approximate surface area is 123 Å². The van der Waals surface area contributed by atoms with E-state index >= 15 is 0 Å². The molecule has 0 amide bonds. The zero-order chi connectivity index (χ0) is 14.8. The average Bonchev–Trinajstić information content (AvgIpc) is 2.52. The number of aromatic nitrogens is 1. The van der Waals surface area contributed by atoms with Gasteiger partial charge in [0.25, 0.3) is 5.56 Å². The van der Waals surface area contributed by atoms with E-state index in [1.165, 1.54) is 0 Å². The Hall–Kier alpha value is -2.55. The minimum absolute atomic E-state index is 0.0296. The van der Waals surface area contributed by atoms with Gasteiger partial charge in [-0.3, -0.25) is 4.79 Å².